The van der Waals surface area contributed by atoms with Crippen molar-refractivity contribution in [2.75, 3.05) is 0 Å². The van der Waals surface area contributed by atoms with Crippen LogP contribution in [0.3, 0.4) is 0 Å². The Morgan fingerprint density at radius 2 is 0.584 bits per heavy atom. The molecule has 0 saturated carbocycles. The lowest BCUT2D eigenvalue weighted by Crippen LogP contribution is -2.15. The van der Waals surface area contributed by atoms with E-state index in [9.17, 15) is 0 Å². The van der Waals surface area contributed by atoms with Crippen molar-refractivity contribution >= 4 is 184 Å². The molecule has 0 atom stereocenters. The molecule has 30 rings (SSSR count). The van der Waals surface area contributed by atoms with Crippen LogP contribution in [0, 0.1) is 0 Å². The molecule has 7 aromatic heterocycles. The van der Waals surface area contributed by atoms with Gasteiger partial charge in [-0.05, 0) is 240 Å². The average molecular weight is 1750 g/mol. The van der Waals surface area contributed by atoms with E-state index in [2.05, 4.69) is 464 Å². The number of pyridine rings is 4. The lowest BCUT2D eigenvalue weighted by molar-refractivity contribution is 0.660. The van der Waals surface area contributed by atoms with Gasteiger partial charge in [0.25, 0.3) is 0 Å². The molecule has 28 aromatic rings. The summed E-state index contributed by atoms with van der Waals surface area (Å²) in [4.78, 5) is 18.7. The number of nitrogens with zero attached hydrogens (tertiary/aromatic N) is 7. The van der Waals surface area contributed by atoms with E-state index in [0.29, 0.717) is 0 Å². The van der Waals surface area contributed by atoms with Gasteiger partial charge in [-0.25, -0.2) is 4.98 Å². The first-order valence-electron chi connectivity index (χ1n) is 47.5. The van der Waals surface area contributed by atoms with Crippen molar-refractivity contribution in [3.05, 3.63) is 466 Å². The smallest absolute Gasteiger partial charge is 0.138 e. The normalized spacial score (nSPS) is 13.1. The molecule has 0 fully saturated rings. The minimum atomic E-state index is -0.0857. The van der Waals surface area contributed by atoms with Crippen LogP contribution < -0.4 is 0 Å². The average Bonchev–Trinajstić information content (AvgIpc) is 1.59. The molecule has 0 radical (unpaired) electrons. The van der Waals surface area contributed by atoms with Gasteiger partial charge in [-0.15, -0.1) is 0 Å². The molecule has 7 heteroatoms. The van der Waals surface area contributed by atoms with Crippen molar-refractivity contribution in [2.24, 2.45) is 0 Å². The summed E-state index contributed by atoms with van der Waals surface area (Å²) >= 11 is 0. The highest BCUT2D eigenvalue weighted by Crippen LogP contribution is 2.56. The number of fused-ring (bicyclic) bond motifs is 38. The summed E-state index contributed by atoms with van der Waals surface area (Å²) in [5, 5.41) is 33.8. The van der Waals surface area contributed by atoms with Crippen LogP contribution in [-0.2, 0) is 10.8 Å². The van der Waals surface area contributed by atoms with Crippen molar-refractivity contribution < 1.29 is 0 Å². The predicted octanol–water partition coefficient (Wildman–Crippen LogP) is 34.2. The van der Waals surface area contributed by atoms with Crippen LogP contribution >= 0.6 is 0 Å². The van der Waals surface area contributed by atoms with Gasteiger partial charge in [-0.1, -0.05) is 337 Å². The summed E-state index contributed by atoms with van der Waals surface area (Å²) in [7, 11) is 0. The van der Waals surface area contributed by atoms with Crippen LogP contribution in [-0.4, -0.2) is 33.6 Å². The van der Waals surface area contributed by atoms with Gasteiger partial charge in [0.1, 0.15) is 5.82 Å². The van der Waals surface area contributed by atoms with Gasteiger partial charge < -0.3 is 9.13 Å². The molecule has 0 aliphatic heterocycles. The minimum absolute atomic E-state index is 0.0646. The molecule has 7 nitrogen and oxygen atoms in total. The highest BCUT2D eigenvalue weighted by Gasteiger charge is 2.38. The fourth-order valence-electron chi connectivity index (χ4n) is 24.2. The van der Waals surface area contributed by atoms with Crippen LogP contribution in [0.15, 0.2) is 443 Å². The zero-order valence-electron chi connectivity index (χ0n) is 75.8. The Balaban J connectivity index is 0.000000104. The van der Waals surface area contributed by atoms with Crippen molar-refractivity contribution in [1.82, 2.24) is 33.6 Å². The summed E-state index contributed by atoms with van der Waals surface area (Å²) in [6, 6.07) is 151. The maximum Gasteiger partial charge on any atom is 0.138 e. The fourth-order valence-corrected chi connectivity index (χ4v) is 24.2. The number of hydrogen-bond acceptors (Lipinski definition) is 4. The SMILES string of the molecule is CC1(C)c2ccccc2-c2ccc(-c3cc4c5ccccc5c5c(c6ccccc6n5-c5ccc6c(c5)C(C)(C)c5ccccc5-6)c4c4ccccc34)cc21.c1ccc2c(c1)c(-c1ccncc1)cc1c3ccccc3c3c(c4ccccc4n3-c3ccncc3)c21.c1ccc2cc(-c3cc4c5ccccc5c5c(c6ccccc6n5-c5ccc6ccccc6n5)c4c4ccccc34)ncc2c1. The summed E-state index contributed by atoms with van der Waals surface area (Å²) in [6.07, 6.45) is 9.48. The van der Waals surface area contributed by atoms with E-state index in [4.69, 9.17) is 9.97 Å². The molecule has 0 bridgehead atoms. The summed E-state index contributed by atoms with van der Waals surface area (Å²) in [5.74, 6) is 0.922. The molecule has 640 valence electrons. The standard InChI is InChI=1S/C54H39N.C42H25N3.C34H21N3/c1-53(2)45-22-12-9-17-36(45)38-27-25-32(29-47(38)53)43-31-44-35-16-6-8-20-41(35)52-51(50(44)40-19-7-5-15-34(40)43)42-21-11-14-24-49(42)55(52)33-26-28-39-37-18-10-13-23-46(37)54(3,4)48(39)30-33;1-2-13-28-25-43-37(23-27(28)12-1)34-24-35-30-15-5-7-17-32(30)42-41(40(35)31-16-6-4-14-29(31)34)33-18-8-10-20-38(33)45(42)39-22-21-26-11-3-9-19-36(26)44-39;1-3-9-26-24(7-1)29(22-13-17-35-18-14-22)21-30-25-8-2-4-10-27(25)34-33(32(26)30)28-11-5-6-12-31(28)37(34)23-15-19-36-20-16-23/h5-31H,1-4H3;1-25H;1-21H. The highest BCUT2D eigenvalue weighted by atomic mass is 15.1. The third-order valence-electron chi connectivity index (χ3n) is 30.3. The molecule has 2 aliphatic rings. The Morgan fingerprint density at radius 1 is 0.212 bits per heavy atom. The second-order valence-electron chi connectivity index (χ2n) is 38.1. The topological polar surface area (TPSA) is 66.3 Å². The van der Waals surface area contributed by atoms with Gasteiger partial charge >= 0.3 is 0 Å². The largest absolute Gasteiger partial charge is 0.309 e. The van der Waals surface area contributed by atoms with E-state index in [1.54, 1.807) is 0 Å². The van der Waals surface area contributed by atoms with Crippen LogP contribution in [0.2, 0.25) is 0 Å². The summed E-state index contributed by atoms with van der Waals surface area (Å²) in [6.45, 7) is 9.50. The van der Waals surface area contributed by atoms with Crippen LogP contribution in [0.25, 0.3) is 257 Å². The number of rotatable bonds is 6. The number of benzene rings is 21. The van der Waals surface area contributed by atoms with Crippen LogP contribution in [0.1, 0.15) is 49.9 Å². The Kier molecular flexibility index (Phi) is 17.1. The third-order valence-corrected chi connectivity index (χ3v) is 30.3. The zero-order valence-corrected chi connectivity index (χ0v) is 75.8. The molecule has 0 amide bonds. The first-order chi connectivity index (χ1) is 67.6. The van der Waals surface area contributed by atoms with E-state index >= 15 is 0 Å². The summed E-state index contributed by atoms with van der Waals surface area (Å²) < 4.78 is 7.32. The van der Waals surface area contributed by atoms with Crippen molar-refractivity contribution in [1.29, 1.82) is 0 Å². The van der Waals surface area contributed by atoms with E-state index < -0.39 is 0 Å². The van der Waals surface area contributed by atoms with Gasteiger partial charge in [0.05, 0.1) is 44.3 Å². The van der Waals surface area contributed by atoms with E-state index in [1.165, 1.54) is 235 Å². The Morgan fingerprint density at radius 3 is 1.11 bits per heavy atom. The Labute approximate surface area is 789 Å². The molecule has 0 spiro atoms. The number of aromatic nitrogens is 7. The maximum atomic E-state index is 5.20. The molecule has 0 N–H and O–H groups in total. The van der Waals surface area contributed by atoms with E-state index in [0.717, 1.165) is 44.6 Å². The third kappa shape index (κ3) is 11.5. The van der Waals surface area contributed by atoms with Crippen molar-refractivity contribution in [3.8, 4) is 73.0 Å². The zero-order chi connectivity index (χ0) is 90.6. The molecule has 21 aromatic carbocycles. The quantitative estimate of drug-likeness (QED) is 0.156. The van der Waals surface area contributed by atoms with Gasteiger partial charge in [0.2, 0.25) is 0 Å². The lowest BCUT2D eigenvalue weighted by atomic mass is 9.81. The number of hydrogen-bond donors (Lipinski definition) is 0. The first kappa shape index (κ1) is 78.2. The summed E-state index contributed by atoms with van der Waals surface area (Å²) in [5.41, 5.74) is 28.5. The maximum absolute atomic E-state index is 5.20. The predicted molar refractivity (Wildman–Crippen MR) is 578 cm³/mol. The first-order valence-corrected chi connectivity index (χ1v) is 47.5. The molecular weight excluding hydrogens is 1660 g/mol. The highest BCUT2D eigenvalue weighted by molar-refractivity contribution is 6.41. The minimum Gasteiger partial charge on any atom is -0.309 e. The van der Waals surface area contributed by atoms with Gasteiger partial charge in [-0.3, -0.25) is 19.5 Å². The monoisotopic (exact) mass is 1740 g/mol. The fraction of sp³-hybridized carbons (Fsp3) is 0.0462. The molecule has 0 unspecified atom stereocenters. The number of para-hydroxylation sites is 4. The van der Waals surface area contributed by atoms with E-state index in [1.807, 2.05) is 31.0 Å². The second kappa shape index (κ2) is 30.0. The molecule has 2 aliphatic carbocycles. The molecule has 0 saturated heterocycles. The Bertz CT molecular complexity index is 10100. The second-order valence-corrected chi connectivity index (χ2v) is 38.1. The van der Waals surface area contributed by atoms with Crippen LogP contribution in [0.4, 0.5) is 0 Å². The molecular formula is C130H85N7. The van der Waals surface area contributed by atoms with Crippen LogP contribution in [0.5, 0.6) is 0 Å². The van der Waals surface area contributed by atoms with E-state index in [-0.39, 0.29) is 10.8 Å². The Hall–Kier alpha value is -17.5. The van der Waals surface area contributed by atoms with Crippen molar-refractivity contribution in [3.63, 3.8) is 0 Å². The van der Waals surface area contributed by atoms with Crippen molar-refractivity contribution in [2.45, 2.75) is 38.5 Å². The molecule has 7 heterocycles. The molecule has 137 heavy (non-hydrogen) atoms. The van der Waals surface area contributed by atoms with Gasteiger partial charge in [0.15, 0.2) is 0 Å². The van der Waals surface area contributed by atoms with Gasteiger partial charge in [0, 0.05) is 134 Å². The lowest BCUT2D eigenvalue weighted by Gasteiger charge is -2.23. The van der Waals surface area contributed by atoms with Gasteiger partial charge in [-0.2, -0.15) is 0 Å².